The van der Waals surface area contributed by atoms with Crippen LogP contribution >= 0.6 is 0 Å². The van der Waals surface area contributed by atoms with E-state index in [9.17, 15) is 0 Å². The summed E-state index contributed by atoms with van der Waals surface area (Å²) in [5.74, 6) is 0. The van der Waals surface area contributed by atoms with Crippen LogP contribution in [-0.2, 0) is 0 Å². The van der Waals surface area contributed by atoms with Gasteiger partial charge in [-0.25, -0.2) is 0 Å². The Morgan fingerprint density at radius 2 is 2.18 bits per heavy atom. The first-order valence-corrected chi connectivity index (χ1v) is 4.54. The molecule has 0 spiro atoms. The number of hydrogen-bond donors (Lipinski definition) is 1. The maximum absolute atomic E-state index is 3.95. The zero-order valence-corrected chi connectivity index (χ0v) is 7.74. The van der Waals surface area contributed by atoms with Crippen molar-refractivity contribution < 1.29 is 0 Å². The normalized spacial score (nSPS) is 19.8. The highest BCUT2D eigenvalue weighted by Gasteiger charge is 2.36. The highest BCUT2D eigenvalue weighted by molar-refractivity contribution is 4.97. The average Bonchev–Trinajstić information content (AvgIpc) is 2.68. The first kappa shape index (κ1) is 8.79. The fourth-order valence-electron chi connectivity index (χ4n) is 1.06. The van der Waals surface area contributed by atoms with Gasteiger partial charge in [-0.05, 0) is 24.7 Å². The molecule has 1 aliphatic carbocycles. The monoisotopic (exact) mass is 153 g/mol. The molecule has 64 valence electrons. The molecule has 0 heterocycles. The third-order valence-corrected chi connectivity index (χ3v) is 2.53. The maximum atomic E-state index is 3.95. The van der Waals surface area contributed by atoms with Crippen LogP contribution in [0.25, 0.3) is 0 Å². The average molecular weight is 153 g/mol. The third kappa shape index (κ3) is 3.06. The van der Waals surface area contributed by atoms with Crippen molar-refractivity contribution in [2.75, 3.05) is 13.1 Å². The van der Waals surface area contributed by atoms with Crippen LogP contribution in [0.5, 0.6) is 0 Å². The molecule has 0 saturated heterocycles. The van der Waals surface area contributed by atoms with E-state index in [1.165, 1.54) is 25.0 Å². The zero-order chi connectivity index (χ0) is 8.32. The molecule has 1 aliphatic rings. The van der Waals surface area contributed by atoms with Crippen molar-refractivity contribution in [2.45, 2.75) is 33.1 Å². The van der Waals surface area contributed by atoms with E-state index in [2.05, 4.69) is 25.7 Å². The Morgan fingerprint density at radius 1 is 1.55 bits per heavy atom. The predicted molar refractivity (Wildman–Crippen MR) is 49.6 cm³/mol. The molecular formula is C10H19N. The molecule has 0 aromatic carbocycles. The molecule has 0 bridgehead atoms. The largest absolute Gasteiger partial charge is 0.312 e. The second kappa shape index (κ2) is 3.40. The van der Waals surface area contributed by atoms with Crippen LogP contribution in [-0.4, -0.2) is 13.1 Å². The summed E-state index contributed by atoms with van der Waals surface area (Å²) in [6.45, 7) is 10.6. The van der Waals surface area contributed by atoms with E-state index in [1.54, 1.807) is 0 Å². The molecule has 1 nitrogen and oxygen atoms in total. The van der Waals surface area contributed by atoms with Gasteiger partial charge in [-0.2, -0.15) is 0 Å². The molecule has 0 atom stereocenters. The minimum atomic E-state index is 0.633. The fourth-order valence-corrected chi connectivity index (χ4v) is 1.06. The molecular weight excluding hydrogens is 134 g/mol. The second-order valence-corrected chi connectivity index (χ2v) is 4.02. The van der Waals surface area contributed by atoms with Gasteiger partial charge in [0.2, 0.25) is 0 Å². The Labute approximate surface area is 69.9 Å². The minimum Gasteiger partial charge on any atom is -0.312 e. The van der Waals surface area contributed by atoms with Crippen LogP contribution in [0.2, 0.25) is 0 Å². The smallest absolute Gasteiger partial charge is 0.0162 e. The van der Waals surface area contributed by atoms with Gasteiger partial charge in [0.15, 0.2) is 0 Å². The summed E-state index contributed by atoms with van der Waals surface area (Å²) in [5.41, 5.74) is 1.95. The predicted octanol–water partition coefficient (Wildman–Crippen LogP) is 2.34. The van der Waals surface area contributed by atoms with Crippen molar-refractivity contribution in [3.8, 4) is 0 Å². The lowest BCUT2D eigenvalue weighted by atomic mass is 10.1. The second-order valence-electron chi connectivity index (χ2n) is 4.02. The van der Waals surface area contributed by atoms with Crippen molar-refractivity contribution in [1.29, 1.82) is 0 Å². The van der Waals surface area contributed by atoms with Gasteiger partial charge in [-0.1, -0.05) is 26.0 Å². The first-order valence-electron chi connectivity index (χ1n) is 4.54. The summed E-state index contributed by atoms with van der Waals surface area (Å²) >= 11 is 0. The quantitative estimate of drug-likeness (QED) is 0.598. The molecule has 1 N–H and O–H groups in total. The van der Waals surface area contributed by atoms with Crippen LogP contribution < -0.4 is 5.32 Å². The molecule has 1 rings (SSSR count). The highest BCUT2D eigenvalue weighted by Crippen LogP contribution is 2.43. The van der Waals surface area contributed by atoms with Crippen LogP contribution in [0, 0.1) is 5.41 Å². The van der Waals surface area contributed by atoms with Gasteiger partial charge in [-0.15, -0.1) is 0 Å². The van der Waals surface area contributed by atoms with Crippen LogP contribution in [0.4, 0.5) is 0 Å². The summed E-state index contributed by atoms with van der Waals surface area (Å²) in [5, 5.41) is 3.44. The minimum absolute atomic E-state index is 0.633. The van der Waals surface area contributed by atoms with Crippen molar-refractivity contribution in [2.24, 2.45) is 5.41 Å². The molecule has 0 aromatic heterocycles. The van der Waals surface area contributed by atoms with Gasteiger partial charge in [-0.3, -0.25) is 0 Å². The zero-order valence-electron chi connectivity index (χ0n) is 7.74. The van der Waals surface area contributed by atoms with Crippen LogP contribution in [0.3, 0.4) is 0 Å². The van der Waals surface area contributed by atoms with Crippen molar-refractivity contribution >= 4 is 0 Å². The molecule has 1 saturated carbocycles. The molecule has 0 aromatic rings. The molecule has 0 unspecified atom stereocenters. The van der Waals surface area contributed by atoms with Gasteiger partial charge >= 0.3 is 0 Å². The maximum Gasteiger partial charge on any atom is 0.0162 e. The third-order valence-electron chi connectivity index (χ3n) is 2.53. The van der Waals surface area contributed by atoms with Gasteiger partial charge in [0.05, 0.1) is 0 Å². The molecule has 11 heavy (non-hydrogen) atoms. The SMILES string of the molecule is C=C(CC)CNCC1(C)CC1. The molecule has 1 fully saturated rings. The lowest BCUT2D eigenvalue weighted by molar-refractivity contribution is 0.513. The first-order chi connectivity index (χ1) is 5.16. The molecule has 0 radical (unpaired) electrons. The standard InChI is InChI=1S/C10H19N/c1-4-9(2)7-11-8-10(3)5-6-10/h11H,2,4-8H2,1,3H3. The molecule has 0 amide bonds. The van der Waals surface area contributed by atoms with Gasteiger partial charge in [0.1, 0.15) is 0 Å². The van der Waals surface area contributed by atoms with E-state index in [1.807, 2.05) is 0 Å². The summed E-state index contributed by atoms with van der Waals surface area (Å²) in [6.07, 6.45) is 3.90. The fraction of sp³-hybridized carbons (Fsp3) is 0.800. The van der Waals surface area contributed by atoms with Gasteiger partial charge in [0, 0.05) is 13.1 Å². The number of nitrogens with one attached hydrogen (secondary N) is 1. The van der Waals surface area contributed by atoms with E-state index in [0.29, 0.717) is 5.41 Å². The van der Waals surface area contributed by atoms with Crippen LogP contribution in [0.1, 0.15) is 33.1 Å². The molecule has 1 heteroatoms. The molecule has 0 aliphatic heterocycles. The van der Waals surface area contributed by atoms with Gasteiger partial charge < -0.3 is 5.32 Å². The Hall–Kier alpha value is -0.300. The van der Waals surface area contributed by atoms with Crippen LogP contribution in [0.15, 0.2) is 12.2 Å². The van der Waals surface area contributed by atoms with E-state index in [0.717, 1.165) is 13.0 Å². The van der Waals surface area contributed by atoms with Crippen molar-refractivity contribution in [3.05, 3.63) is 12.2 Å². The lowest BCUT2D eigenvalue weighted by Gasteiger charge is -2.10. The Balaban J connectivity index is 2.00. The highest BCUT2D eigenvalue weighted by atomic mass is 14.9. The van der Waals surface area contributed by atoms with Crippen molar-refractivity contribution in [3.63, 3.8) is 0 Å². The summed E-state index contributed by atoms with van der Waals surface area (Å²) in [4.78, 5) is 0. The topological polar surface area (TPSA) is 12.0 Å². The number of hydrogen-bond acceptors (Lipinski definition) is 1. The Morgan fingerprint density at radius 3 is 2.64 bits per heavy atom. The lowest BCUT2D eigenvalue weighted by Crippen LogP contribution is -2.23. The number of rotatable bonds is 5. The Bertz CT molecular complexity index is 145. The van der Waals surface area contributed by atoms with E-state index in [-0.39, 0.29) is 0 Å². The summed E-state index contributed by atoms with van der Waals surface area (Å²) < 4.78 is 0. The summed E-state index contributed by atoms with van der Waals surface area (Å²) in [6, 6.07) is 0. The van der Waals surface area contributed by atoms with Crippen molar-refractivity contribution in [1.82, 2.24) is 5.32 Å². The van der Waals surface area contributed by atoms with E-state index < -0.39 is 0 Å². The van der Waals surface area contributed by atoms with Gasteiger partial charge in [0.25, 0.3) is 0 Å². The Kier molecular flexibility index (Phi) is 2.72. The van der Waals surface area contributed by atoms with E-state index >= 15 is 0 Å². The summed E-state index contributed by atoms with van der Waals surface area (Å²) in [7, 11) is 0. The van der Waals surface area contributed by atoms with E-state index in [4.69, 9.17) is 0 Å².